The van der Waals surface area contributed by atoms with E-state index in [1.165, 1.54) is 0 Å². The molecule has 1 fully saturated rings. The summed E-state index contributed by atoms with van der Waals surface area (Å²) in [6, 6.07) is 6.78. The summed E-state index contributed by atoms with van der Waals surface area (Å²) in [5.41, 5.74) is 1.68. The summed E-state index contributed by atoms with van der Waals surface area (Å²) >= 11 is 6.18. The van der Waals surface area contributed by atoms with Crippen molar-refractivity contribution in [2.75, 3.05) is 0 Å². The van der Waals surface area contributed by atoms with Crippen molar-refractivity contribution in [2.45, 2.75) is 42.5 Å². The average Bonchev–Trinajstić information content (AvgIpc) is 2.84. The highest BCUT2D eigenvalue weighted by Crippen LogP contribution is 2.28. The Morgan fingerprint density at radius 2 is 2.10 bits per heavy atom. The summed E-state index contributed by atoms with van der Waals surface area (Å²) in [5, 5.41) is 0.517. The van der Waals surface area contributed by atoms with Gasteiger partial charge in [-0.1, -0.05) is 12.5 Å². The van der Waals surface area contributed by atoms with Crippen molar-refractivity contribution in [1.29, 1.82) is 0 Å². The quantitative estimate of drug-likeness (QED) is 0.883. The van der Waals surface area contributed by atoms with Crippen LogP contribution in [0, 0.1) is 6.92 Å². The van der Waals surface area contributed by atoms with Gasteiger partial charge in [-0.25, -0.2) is 13.1 Å². The molecule has 1 aromatic carbocycles. The zero-order chi connectivity index (χ0) is 15.0. The van der Waals surface area contributed by atoms with E-state index < -0.39 is 10.0 Å². The molecule has 1 saturated carbocycles. The number of halogens is 1. The number of hydrogen-bond donors (Lipinski definition) is 1. The Balaban J connectivity index is 2.05. The van der Waals surface area contributed by atoms with Crippen LogP contribution in [0.15, 0.2) is 35.4 Å². The second kappa shape index (κ2) is 5.55. The molecule has 4 nitrogen and oxygen atoms in total. The van der Waals surface area contributed by atoms with Crippen LogP contribution >= 0.6 is 11.6 Å². The molecule has 2 unspecified atom stereocenters. The second-order valence-corrected chi connectivity index (χ2v) is 7.70. The highest BCUT2D eigenvalue weighted by molar-refractivity contribution is 7.89. The number of fused-ring (bicyclic) bond motifs is 1. The molecule has 1 aromatic heterocycles. The Bertz CT molecular complexity index is 776. The van der Waals surface area contributed by atoms with Crippen molar-refractivity contribution in [2.24, 2.45) is 0 Å². The summed E-state index contributed by atoms with van der Waals surface area (Å²) in [4.78, 5) is 4.55. The first-order valence-electron chi connectivity index (χ1n) is 7.00. The van der Waals surface area contributed by atoms with E-state index in [2.05, 4.69) is 9.71 Å². The number of rotatable bonds is 3. The van der Waals surface area contributed by atoms with Gasteiger partial charge < -0.3 is 0 Å². The van der Waals surface area contributed by atoms with Crippen LogP contribution in [0.2, 0.25) is 0 Å². The SMILES string of the molecule is Cc1ccc(S(=O)(=O)NC2CCCC2Cl)c2cccnc12. The number of nitrogens with one attached hydrogen (secondary N) is 1. The lowest BCUT2D eigenvalue weighted by molar-refractivity contribution is 0.554. The van der Waals surface area contributed by atoms with Crippen molar-refractivity contribution in [1.82, 2.24) is 9.71 Å². The van der Waals surface area contributed by atoms with E-state index in [9.17, 15) is 8.42 Å². The Hall–Kier alpha value is -1.17. The van der Waals surface area contributed by atoms with Crippen LogP contribution in [0.25, 0.3) is 10.9 Å². The molecule has 0 radical (unpaired) electrons. The number of alkyl halides is 1. The van der Waals surface area contributed by atoms with Gasteiger partial charge in [-0.2, -0.15) is 0 Å². The maximum atomic E-state index is 12.7. The zero-order valence-corrected chi connectivity index (χ0v) is 13.3. The molecule has 2 aromatic rings. The van der Waals surface area contributed by atoms with Crippen LogP contribution in [0.3, 0.4) is 0 Å². The van der Waals surface area contributed by atoms with E-state index in [4.69, 9.17) is 11.6 Å². The fourth-order valence-corrected chi connectivity index (χ4v) is 4.76. The maximum absolute atomic E-state index is 12.7. The van der Waals surface area contributed by atoms with Crippen molar-refractivity contribution in [3.05, 3.63) is 36.0 Å². The van der Waals surface area contributed by atoms with Crippen LogP contribution in [0.1, 0.15) is 24.8 Å². The molecular weight excluding hydrogens is 308 g/mol. The Morgan fingerprint density at radius 1 is 1.29 bits per heavy atom. The standard InChI is InChI=1S/C15H17ClN2O2S/c1-10-7-8-14(11-4-3-9-17-15(10)11)21(19,20)18-13-6-2-5-12(13)16/h3-4,7-9,12-13,18H,2,5-6H2,1H3. The number of pyridine rings is 1. The highest BCUT2D eigenvalue weighted by Gasteiger charge is 2.30. The third kappa shape index (κ3) is 2.78. The van der Waals surface area contributed by atoms with Crippen molar-refractivity contribution in [3.63, 3.8) is 0 Å². The van der Waals surface area contributed by atoms with Crippen LogP contribution in [0.4, 0.5) is 0 Å². The van der Waals surface area contributed by atoms with E-state index in [0.717, 1.165) is 24.8 Å². The van der Waals surface area contributed by atoms with Crippen molar-refractivity contribution in [3.8, 4) is 0 Å². The molecule has 0 amide bonds. The van der Waals surface area contributed by atoms with Crippen LogP contribution < -0.4 is 4.72 Å². The van der Waals surface area contributed by atoms with E-state index in [1.54, 1.807) is 30.5 Å². The Labute approximate surface area is 129 Å². The van der Waals surface area contributed by atoms with Crippen LogP contribution in [0.5, 0.6) is 0 Å². The lowest BCUT2D eigenvalue weighted by Gasteiger charge is -2.17. The molecule has 1 aliphatic carbocycles. The Morgan fingerprint density at radius 3 is 2.81 bits per heavy atom. The first kappa shape index (κ1) is 14.8. The Kier molecular flexibility index (Phi) is 3.90. The van der Waals surface area contributed by atoms with Crippen molar-refractivity contribution >= 4 is 32.5 Å². The molecule has 3 rings (SSSR count). The summed E-state index contributed by atoms with van der Waals surface area (Å²) in [6.45, 7) is 1.92. The molecule has 1 aliphatic rings. The molecule has 1 N–H and O–H groups in total. The third-order valence-electron chi connectivity index (χ3n) is 3.96. The largest absolute Gasteiger partial charge is 0.256 e. The molecule has 2 atom stereocenters. The second-order valence-electron chi connectivity index (χ2n) is 5.45. The topological polar surface area (TPSA) is 59.1 Å². The molecule has 1 heterocycles. The van der Waals surface area contributed by atoms with E-state index >= 15 is 0 Å². The number of aromatic nitrogens is 1. The van der Waals surface area contributed by atoms with Gasteiger partial charge >= 0.3 is 0 Å². The molecule has 0 spiro atoms. The van der Waals surface area contributed by atoms with Gasteiger partial charge in [0.25, 0.3) is 0 Å². The molecule has 0 bridgehead atoms. The van der Waals surface area contributed by atoms with Gasteiger partial charge in [0.15, 0.2) is 0 Å². The van der Waals surface area contributed by atoms with Crippen molar-refractivity contribution < 1.29 is 8.42 Å². The predicted octanol–water partition coefficient (Wildman–Crippen LogP) is 2.98. The normalized spacial score (nSPS) is 22.8. The number of benzene rings is 1. The highest BCUT2D eigenvalue weighted by atomic mass is 35.5. The van der Waals surface area contributed by atoms with Gasteiger partial charge in [-0.05, 0) is 43.5 Å². The van der Waals surface area contributed by atoms with Gasteiger partial charge in [-0.15, -0.1) is 11.6 Å². The monoisotopic (exact) mass is 324 g/mol. The smallest absolute Gasteiger partial charge is 0.241 e. The van der Waals surface area contributed by atoms with E-state index in [-0.39, 0.29) is 16.3 Å². The summed E-state index contributed by atoms with van der Waals surface area (Å²) in [7, 11) is -3.59. The number of sulfonamides is 1. The molecule has 0 saturated heterocycles. The maximum Gasteiger partial charge on any atom is 0.241 e. The fourth-order valence-electron chi connectivity index (χ4n) is 2.83. The molecule has 21 heavy (non-hydrogen) atoms. The van der Waals surface area contributed by atoms with Gasteiger partial charge in [0.2, 0.25) is 10.0 Å². The lowest BCUT2D eigenvalue weighted by Crippen LogP contribution is -2.37. The van der Waals surface area contributed by atoms with Gasteiger partial charge in [-0.3, -0.25) is 4.98 Å². The van der Waals surface area contributed by atoms with Crippen LogP contribution in [-0.4, -0.2) is 24.8 Å². The predicted molar refractivity (Wildman–Crippen MR) is 84.1 cm³/mol. The first-order chi connectivity index (χ1) is 9.99. The minimum Gasteiger partial charge on any atom is -0.256 e. The molecule has 0 aliphatic heterocycles. The molecule has 112 valence electrons. The average molecular weight is 325 g/mol. The van der Waals surface area contributed by atoms with E-state index in [1.807, 2.05) is 6.92 Å². The minimum atomic E-state index is -3.59. The molecule has 6 heteroatoms. The zero-order valence-electron chi connectivity index (χ0n) is 11.7. The fraction of sp³-hybridized carbons (Fsp3) is 0.400. The molecular formula is C15H17ClN2O2S. The number of nitrogens with zero attached hydrogens (tertiary/aromatic N) is 1. The summed E-state index contributed by atoms with van der Waals surface area (Å²) in [5.74, 6) is 0. The van der Waals surface area contributed by atoms with Gasteiger partial charge in [0.1, 0.15) is 0 Å². The van der Waals surface area contributed by atoms with Crippen LogP contribution in [-0.2, 0) is 10.0 Å². The first-order valence-corrected chi connectivity index (χ1v) is 8.92. The van der Waals surface area contributed by atoms with Gasteiger partial charge in [0.05, 0.1) is 10.4 Å². The summed E-state index contributed by atoms with van der Waals surface area (Å²) < 4.78 is 28.1. The number of hydrogen-bond acceptors (Lipinski definition) is 3. The minimum absolute atomic E-state index is 0.130. The lowest BCUT2D eigenvalue weighted by atomic mass is 10.1. The van der Waals surface area contributed by atoms with E-state index in [0.29, 0.717) is 10.9 Å². The summed E-state index contributed by atoms with van der Waals surface area (Å²) in [6.07, 6.45) is 4.27. The van der Waals surface area contributed by atoms with Gasteiger partial charge in [0, 0.05) is 23.0 Å². The third-order valence-corrected chi connectivity index (χ3v) is 6.03. The number of aryl methyl sites for hydroxylation is 1.